The quantitative estimate of drug-likeness (QED) is 0.219. The molecule has 1 aliphatic heterocycles. The molecule has 0 radical (unpaired) electrons. The van der Waals surface area contributed by atoms with E-state index >= 15 is 0 Å². The average molecular weight is 470 g/mol. The smallest absolute Gasteiger partial charge is 0.311 e. The third-order valence-corrected chi connectivity index (χ3v) is 10.3. The maximum atomic E-state index is 11.9. The largest absolute Gasteiger partial charge is 0.455 e. The van der Waals surface area contributed by atoms with Gasteiger partial charge in [0.1, 0.15) is 6.10 Å². The predicted molar refractivity (Wildman–Crippen MR) is 117 cm³/mol. The van der Waals surface area contributed by atoms with Crippen molar-refractivity contribution in [3.05, 3.63) is 34.4 Å². The minimum Gasteiger partial charge on any atom is -0.455 e. The van der Waals surface area contributed by atoms with Gasteiger partial charge in [0.15, 0.2) is 20.2 Å². The summed E-state index contributed by atoms with van der Waals surface area (Å²) in [6.45, 7) is 8.66. The van der Waals surface area contributed by atoms with Gasteiger partial charge in [0, 0.05) is 19.9 Å². The zero-order chi connectivity index (χ0) is 23.9. The highest BCUT2D eigenvalue weighted by molar-refractivity contribution is 6.73. The van der Waals surface area contributed by atoms with Crippen LogP contribution in [0, 0.1) is 10.1 Å². The van der Waals surface area contributed by atoms with Gasteiger partial charge in [0.25, 0.3) is 0 Å². The molecule has 178 valence electrons. The van der Waals surface area contributed by atoms with Crippen molar-refractivity contribution < 1.29 is 37.9 Å². The fourth-order valence-electron chi connectivity index (χ4n) is 3.75. The molecule has 0 amide bonds. The van der Waals surface area contributed by atoms with Crippen molar-refractivity contribution in [2.75, 3.05) is 6.61 Å². The number of nitro benzene ring substituents is 1. The minimum absolute atomic E-state index is 0.00968. The first kappa shape index (κ1) is 25.8. The number of nitrogens with zero attached hydrogens (tertiary/aromatic N) is 1. The van der Waals surface area contributed by atoms with Gasteiger partial charge in [-0.15, -0.1) is 0 Å². The molecule has 0 unspecified atom stereocenters. The van der Waals surface area contributed by atoms with Crippen molar-refractivity contribution >= 4 is 25.9 Å². The topological polar surface area (TPSA) is 123 Å². The van der Waals surface area contributed by atoms with Crippen LogP contribution in [0.2, 0.25) is 18.1 Å². The van der Waals surface area contributed by atoms with Crippen LogP contribution in [0.1, 0.15) is 34.6 Å². The van der Waals surface area contributed by atoms with Crippen LogP contribution < -0.4 is 4.74 Å². The first-order valence-electron chi connectivity index (χ1n) is 10.7. The Kier molecular flexibility index (Phi) is 9.17. The molecule has 0 saturated carbocycles. The molecule has 11 heteroatoms. The van der Waals surface area contributed by atoms with Gasteiger partial charge < -0.3 is 23.4 Å². The van der Waals surface area contributed by atoms with Crippen molar-refractivity contribution in [1.82, 2.24) is 0 Å². The Hall–Kier alpha value is -2.50. The SMILES string of the molecule is CC[Si](CC)(CC)O[C@@H]1CO[C@H](Oc2ccccc2[N+](=O)[O-])[C@@H](OC(C)=O)[C@@H]1OC(C)=O. The van der Waals surface area contributed by atoms with Crippen LogP contribution in [0.4, 0.5) is 5.69 Å². The number of hydrogen-bond acceptors (Lipinski definition) is 9. The Morgan fingerprint density at radius 3 is 2.16 bits per heavy atom. The van der Waals surface area contributed by atoms with E-state index in [-0.39, 0.29) is 18.0 Å². The van der Waals surface area contributed by atoms with Gasteiger partial charge in [0.2, 0.25) is 12.4 Å². The highest BCUT2D eigenvalue weighted by atomic mass is 28.4. The van der Waals surface area contributed by atoms with Crippen molar-refractivity contribution in [3.63, 3.8) is 0 Å². The predicted octanol–water partition coefficient (Wildman–Crippen LogP) is 3.58. The normalized spacial score (nSPS) is 23.3. The molecule has 1 fully saturated rings. The number of hydrogen-bond donors (Lipinski definition) is 0. The molecule has 0 aliphatic carbocycles. The lowest BCUT2D eigenvalue weighted by molar-refractivity contribution is -0.386. The molecule has 1 aromatic rings. The van der Waals surface area contributed by atoms with Crippen LogP contribution >= 0.6 is 0 Å². The number of carbonyl (C=O) groups is 2. The number of carbonyl (C=O) groups excluding carboxylic acids is 2. The van der Waals surface area contributed by atoms with Gasteiger partial charge in [-0.25, -0.2) is 0 Å². The highest BCUT2D eigenvalue weighted by Crippen LogP contribution is 2.33. The summed E-state index contributed by atoms with van der Waals surface area (Å²) in [7, 11) is -2.13. The Morgan fingerprint density at radius 2 is 1.62 bits per heavy atom. The summed E-state index contributed by atoms with van der Waals surface area (Å²) in [5, 5.41) is 11.4. The zero-order valence-corrected chi connectivity index (χ0v) is 20.1. The third-order valence-electron chi connectivity index (χ3n) is 5.63. The van der Waals surface area contributed by atoms with Gasteiger partial charge in [-0.05, 0) is 24.2 Å². The second-order valence-electron chi connectivity index (χ2n) is 7.59. The van der Waals surface area contributed by atoms with Crippen LogP contribution in [-0.4, -0.2) is 56.4 Å². The van der Waals surface area contributed by atoms with Crippen LogP contribution in [0.3, 0.4) is 0 Å². The molecular formula is C21H31NO9Si. The molecule has 1 saturated heterocycles. The summed E-state index contributed by atoms with van der Waals surface area (Å²) in [5.41, 5.74) is -0.269. The maximum Gasteiger partial charge on any atom is 0.311 e. The minimum atomic E-state index is -2.13. The van der Waals surface area contributed by atoms with Crippen LogP contribution in [-0.2, 0) is 28.2 Å². The van der Waals surface area contributed by atoms with Crippen LogP contribution in [0.25, 0.3) is 0 Å². The van der Waals surface area contributed by atoms with Gasteiger partial charge in [-0.3, -0.25) is 19.7 Å². The fourth-order valence-corrected chi connectivity index (χ4v) is 6.60. The molecular weight excluding hydrogens is 438 g/mol. The number of nitro groups is 1. The molecule has 2 rings (SSSR count). The summed E-state index contributed by atoms with van der Waals surface area (Å²) in [6, 6.07) is 8.36. The van der Waals surface area contributed by atoms with Crippen molar-refractivity contribution in [1.29, 1.82) is 0 Å². The molecule has 4 atom stereocenters. The first-order valence-corrected chi connectivity index (χ1v) is 13.2. The maximum absolute atomic E-state index is 11.9. The van der Waals surface area contributed by atoms with Gasteiger partial charge in [-0.1, -0.05) is 32.9 Å². The van der Waals surface area contributed by atoms with Gasteiger partial charge >= 0.3 is 17.6 Å². The van der Waals surface area contributed by atoms with Crippen LogP contribution in [0.15, 0.2) is 24.3 Å². The lowest BCUT2D eigenvalue weighted by Crippen LogP contribution is -2.61. The average Bonchev–Trinajstić information content (AvgIpc) is 2.75. The summed E-state index contributed by atoms with van der Waals surface area (Å²) in [5.74, 6) is -1.28. The van der Waals surface area contributed by atoms with Gasteiger partial charge in [0.05, 0.1) is 11.5 Å². The zero-order valence-electron chi connectivity index (χ0n) is 19.1. The van der Waals surface area contributed by atoms with Crippen molar-refractivity contribution in [2.24, 2.45) is 0 Å². The number of benzene rings is 1. The second-order valence-corrected chi connectivity index (χ2v) is 12.3. The summed E-state index contributed by atoms with van der Waals surface area (Å²) < 4.78 is 29.0. The van der Waals surface area contributed by atoms with E-state index in [9.17, 15) is 19.7 Å². The fraction of sp³-hybridized carbons (Fsp3) is 0.619. The molecule has 0 N–H and O–H groups in total. The molecule has 1 aliphatic rings. The van der Waals surface area contributed by atoms with Crippen molar-refractivity contribution in [2.45, 2.75) is 77.4 Å². The Morgan fingerprint density at radius 1 is 1.06 bits per heavy atom. The lowest BCUT2D eigenvalue weighted by atomic mass is 10.0. The van der Waals surface area contributed by atoms with E-state index in [4.69, 9.17) is 23.4 Å². The van der Waals surface area contributed by atoms with E-state index in [1.165, 1.54) is 32.0 Å². The molecule has 1 heterocycles. The number of para-hydroxylation sites is 2. The van der Waals surface area contributed by atoms with E-state index < -0.39 is 49.8 Å². The van der Waals surface area contributed by atoms with Gasteiger partial charge in [-0.2, -0.15) is 0 Å². The number of ether oxygens (including phenoxy) is 4. The standard InChI is InChI=1S/C21H31NO9Si/c1-6-32(7-2,8-3)31-18-13-27-21(20(29-15(5)24)19(18)28-14(4)23)30-17-12-10-9-11-16(17)22(25)26/h9-12,18-21H,6-8,13H2,1-5H3/t18-,19-,20+,21-/m1/s1. The number of rotatable bonds is 10. The van der Waals surface area contributed by atoms with E-state index in [1.807, 2.05) is 0 Å². The summed E-state index contributed by atoms with van der Waals surface area (Å²) in [4.78, 5) is 34.5. The van der Waals surface area contributed by atoms with E-state index in [0.717, 1.165) is 18.1 Å². The molecule has 32 heavy (non-hydrogen) atoms. The summed E-state index contributed by atoms with van der Waals surface area (Å²) >= 11 is 0. The van der Waals surface area contributed by atoms with E-state index in [0.29, 0.717) is 0 Å². The Bertz CT molecular complexity index is 806. The molecule has 1 aromatic carbocycles. The van der Waals surface area contributed by atoms with E-state index in [1.54, 1.807) is 6.07 Å². The van der Waals surface area contributed by atoms with E-state index in [2.05, 4.69) is 20.8 Å². The summed E-state index contributed by atoms with van der Waals surface area (Å²) in [6.07, 6.45) is -4.06. The molecule has 0 bridgehead atoms. The Labute approximate surface area is 188 Å². The van der Waals surface area contributed by atoms with Crippen molar-refractivity contribution in [3.8, 4) is 5.75 Å². The highest BCUT2D eigenvalue weighted by Gasteiger charge is 2.49. The van der Waals surface area contributed by atoms with Crippen LogP contribution in [0.5, 0.6) is 5.75 Å². The first-order chi connectivity index (χ1) is 15.2. The molecule has 0 spiro atoms. The Balaban J connectivity index is 2.39. The second kappa shape index (κ2) is 11.4. The molecule has 10 nitrogen and oxygen atoms in total. The third kappa shape index (κ3) is 6.27. The monoisotopic (exact) mass is 469 g/mol. The lowest BCUT2D eigenvalue weighted by Gasteiger charge is -2.43. The number of esters is 2. The molecule has 0 aromatic heterocycles.